The van der Waals surface area contributed by atoms with Gasteiger partial charge in [0.2, 0.25) is 0 Å². The number of tetrazole rings is 1. The Labute approximate surface area is 206 Å². The molecular formula is C26H24FN7O2. The lowest BCUT2D eigenvalue weighted by Crippen LogP contribution is -2.08. The van der Waals surface area contributed by atoms with Gasteiger partial charge < -0.3 is 13.7 Å². The van der Waals surface area contributed by atoms with Crippen LogP contribution in [0.3, 0.4) is 0 Å². The molecule has 0 spiro atoms. The standard InChI is InChI=1S/C26H24FN7O2/c1-36-24-8-6-22(34-16-28-30-31-34)21(26(24)27)5-7-23(35)19-10-11-32(12-19)14-20-15-33-13-18(17-2-3-17)4-9-25(33)29-20/h4,6,8-13,15-17H,2-3,5,7,14H2,1H3. The molecule has 0 unspecified atom stereocenters. The Bertz CT molecular complexity index is 1550. The van der Waals surface area contributed by atoms with Gasteiger partial charge in [0.15, 0.2) is 17.3 Å². The van der Waals surface area contributed by atoms with Crippen LogP contribution in [0.1, 0.15) is 52.4 Å². The fourth-order valence-corrected chi connectivity index (χ4v) is 4.54. The number of imidazole rings is 1. The van der Waals surface area contributed by atoms with Crippen molar-refractivity contribution < 1.29 is 13.9 Å². The summed E-state index contributed by atoms with van der Waals surface area (Å²) in [5, 5.41) is 11.1. The number of hydrogen-bond donors (Lipinski definition) is 0. The van der Waals surface area contributed by atoms with Gasteiger partial charge in [-0.05, 0) is 65.4 Å². The third-order valence-corrected chi connectivity index (χ3v) is 6.59. The van der Waals surface area contributed by atoms with E-state index < -0.39 is 5.82 Å². The van der Waals surface area contributed by atoms with Crippen molar-refractivity contribution in [1.82, 2.24) is 34.2 Å². The molecular weight excluding hydrogens is 461 g/mol. The van der Waals surface area contributed by atoms with Gasteiger partial charge >= 0.3 is 0 Å². The molecule has 0 radical (unpaired) electrons. The number of rotatable bonds is 9. The molecule has 5 aromatic rings. The molecule has 1 aromatic carbocycles. The topological polar surface area (TPSA) is 92.1 Å². The van der Waals surface area contributed by atoms with Gasteiger partial charge in [-0.2, -0.15) is 0 Å². The van der Waals surface area contributed by atoms with Gasteiger partial charge in [0.05, 0.1) is 25.0 Å². The van der Waals surface area contributed by atoms with Crippen molar-refractivity contribution in [3.8, 4) is 11.4 Å². The zero-order valence-corrected chi connectivity index (χ0v) is 19.7. The van der Waals surface area contributed by atoms with E-state index in [1.165, 1.54) is 42.6 Å². The van der Waals surface area contributed by atoms with Crippen LogP contribution in [-0.2, 0) is 13.0 Å². The SMILES string of the molecule is COc1ccc(-n2cnnn2)c(CCC(=O)c2ccn(Cc3cn4cc(C5CC5)ccc4n3)c2)c1F. The maximum Gasteiger partial charge on any atom is 0.170 e. The molecule has 4 heterocycles. The highest BCUT2D eigenvalue weighted by Gasteiger charge is 2.24. The Morgan fingerprint density at radius 3 is 2.81 bits per heavy atom. The minimum atomic E-state index is -0.521. The number of fused-ring (bicyclic) bond motifs is 1. The number of benzene rings is 1. The van der Waals surface area contributed by atoms with Crippen LogP contribution in [-0.4, -0.2) is 47.1 Å². The Hall–Kier alpha value is -4.34. The molecule has 0 aliphatic heterocycles. The first-order chi connectivity index (χ1) is 17.6. The van der Waals surface area contributed by atoms with Gasteiger partial charge in [0, 0.05) is 42.3 Å². The van der Waals surface area contributed by atoms with E-state index in [4.69, 9.17) is 9.72 Å². The molecule has 0 N–H and O–H groups in total. The van der Waals surface area contributed by atoms with Crippen LogP contribution in [0.2, 0.25) is 0 Å². The molecule has 36 heavy (non-hydrogen) atoms. The molecule has 10 heteroatoms. The summed E-state index contributed by atoms with van der Waals surface area (Å²) in [5.41, 5.74) is 4.56. The fourth-order valence-electron chi connectivity index (χ4n) is 4.54. The summed E-state index contributed by atoms with van der Waals surface area (Å²) in [7, 11) is 1.40. The number of carbonyl (C=O) groups is 1. The summed E-state index contributed by atoms with van der Waals surface area (Å²) < 4.78 is 25.6. The quantitative estimate of drug-likeness (QED) is 0.293. The van der Waals surface area contributed by atoms with Gasteiger partial charge in [-0.25, -0.2) is 14.1 Å². The van der Waals surface area contributed by atoms with Crippen LogP contribution in [0.5, 0.6) is 5.75 Å². The summed E-state index contributed by atoms with van der Waals surface area (Å²) in [6, 6.07) is 9.20. The number of hydrogen-bond acceptors (Lipinski definition) is 6. The number of aromatic nitrogens is 7. The van der Waals surface area contributed by atoms with E-state index in [0.29, 0.717) is 29.3 Å². The van der Waals surface area contributed by atoms with Crippen molar-refractivity contribution in [2.45, 2.75) is 38.1 Å². The Morgan fingerprint density at radius 2 is 2.03 bits per heavy atom. The van der Waals surface area contributed by atoms with Gasteiger partial charge in [-0.1, -0.05) is 6.07 Å². The largest absolute Gasteiger partial charge is 0.494 e. The molecule has 0 bridgehead atoms. The maximum atomic E-state index is 15.1. The van der Waals surface area contributed by atoms with Gasteiger partial charge in [-0.3, -0.25) is 4.79 Å². The predicted molar refractivity (Wildman–Crippen MR) is 129 cm³/mol. The average Bonchev–Trinajstić information content (AvgIpc) is 3.24. The molecule has 1 aliphatic carbocycles. The van der Waals surface area contributed by atoms with Gasteiger partial charge in [0.25, 0.3) is 0 Å². The first-order valence-corrected chi connectivity index (χ1v) is 11.8. The number of halogens is 1. The lowest BCUT2D eigenvalue weighted by molar-refractivity contribution is 0.0982. The fraction of sp³-hybridized carbons (Fsp3) is 0.269. The van der Waals surface area contributed by atoms with E-state index in [1.54, 1.807) is 12.1 Å². The first kappa shape index (κ1) is 22.1. The van der Waals surface area contributed by atoms with Crippen molar-refractivity contribution in [1.29, 1.82) is 0 Å². The van der Waals surface area contributed by atoms with Gasteiger partial charge in [0.1, 0.15) is 12.0 Å². The van der Waals surface area contributed by atoms with E-state index >= 15 is 4.39 Å². The molecule has 0 atom stereocenters. The van der Waals surface area contributed by atoms with Crippen molar-refractivity contribution in [3.05, 3.63) is 89.6 Å². The van der Waals surface area contributed by atoms with Crippen molar-refractivity contribution in [3.63, 3.8) is 0 Å². The lowest BCUT2D eigenvalue weighted by Gasteiger charge is -2.12. The molecule has 1 saturated carbocycles. The highest BCUT2D eigenvalue weighted by Crippen LogP contribution is 2.39. The molecule has 6 rings (SSSR count). The second-order valence-corrected chi connectivity index (χ2v) is 9.06. The summed E-state index contributed by atoms with van der Waals surface area (Å²) in [6.07, 6.45) is 12.1. The molecule has 4 aromatic heterocycles. The number of carbonyl (C=O) groups excluding carboxylic acids is 1. The minimum absolute atomic E-state index is 0.0808. The highest BCUT2D eigenvalue weighted by atomic mass is 19.1. The molecule has 182 valence electrons. The van der Waals surface area contributed by atoms with Crippen LogP contribution in [0.25, 0.3) is 11.3 Å². The molecule has 1 fully saturated rings. The van der Waals surface area contributed by atoms with Crippen LogP contribution in [0.4, 0.5) is 4.39 Å². The summed E-state index contributed by atoms with van der Waals surface area (Å²) in [4.78, 5) is 17.7. The number of Topliss-reactive ketones (excluding diaryl/α,β-unsaturated/α-hetero) is 1. The highest BCUT2D eigenvalue weighted by molar-refractivity contribution is 5.96. The zero-order chi connectivity index (χ0) is 24.6. The first-order valence-electron chi connectivity index (χ1n) is 11.8. The lowest BCUT2D eigenvalue weighted by atomic mass is 10.0. The monoisotopic (exact) mass is 485 g/mol. The third kappa shape index (κ3) is 4.26. The molecule has 9 nitrogen and oxygen atoms in total. The molecule has 0 saturated heterocycles. The van der Waals surface area contributed by atoms with Crippen molar-refractivity contribution >= 4 is 11.4 Å². The van der Waals surface area contributed by atoms with Crippen LogP contribution >= 0.6 is 0 Å². The smallest absolute Gasteiger partial charge is 0.170 e. The maximum absolute atomic E-state index is 15.1. The second kappa shape index (κ2) is 9.03. The van der Waals surface area contributed by atoms with E-state index in [9.17, 15) is 4.79 Å². The van der Waals surface area contributed by atoms with E-state index in [2.05, 4.69) is 38.3 Å². The van der Waals surface area contributed by atoms with E-state index in [1.807, 2.05) is 23.2 Å². The van der Waals surface area contributed by atoms with Crippen LogP contribution < -0.4 is 4.74 Å². The number of nitrogens with zero attached hydrogens (tertiary/aromatic N) is 7. The van der Waals surface area contributed by atoms with E-state index in [0.717, 1.165) is 11.3 Å². The predicted octanol–water partition coefficient (Wildman–Crippen LogP) is 4.00. The van der Waals surface area contributed by atoms with Gasteiger partial charge in [-0.15, -0.1) is 5.10 Å². The third-order valence-electron chi connectivity index (χ3n) is 6.59. The molecule has 0 amide bonds. The number of ketones is 1. The summed E-state index contributed by atoms with van der Waals surface area (Å²) >= 11 is 0. The number of pyridine rings is 1. The Balaban J connectivity index is 1.16. The number of methoxy groups -OCH3 is 1. The van der Waals surface area contributed by atoms with Crippen molar-refractivity contribution in [2.24, 2.45) is 0 Å². The normalized spacial score (nSPS) is 13.4. The average molecular weight is 486 g/mol. The van der Waals surface area contributed by atoms with Crippen LogP contribution in [0.15, 0.2) is 61.4 Å². The Morgan fingerprint density at radius 1 is 1.14 bits per heavy atom. The summed E-state index contributed by atoms with van der Waals surface area (Å²) in [5.74, 6) is 0.195. The number of ether oxygens (including phenoxy) is 1. The zero-order valence-electron chi connectivity index (χ0n) is 19.7. The Kier molecular flexibility index (Phi) is 5.55. The van der Waals surface area contributed by atoms with Crippen LogP contribution in [0, 0.1) is 5.82 Å². The summed E-state index contributed by atoms with van der Waals surface area (Å²) in [6.45, 7) is 0.557. The minimum Gasteiger partial charge on any atom is -0.494 e. The van der Waals surface area contributed by atoms with E-state index in [-0.39, 0.29) is 24.4 Å². The molecule has 1 aliphatic rings. The van der Waals surface area contributed by atoms with Crippen molar-refractivity contribution in [2.75, 3.05) is 7.11 Å². The second-order valence-electron chi connectivity index (χ2n) is 9.06.